The predicted molar refractivity (Wildman–Crippen MR) is 79.7 cm³/mol. The predicted octanol–water partition coefficient (Wildman–Crippen LogP) is 2.11. The van der Waals surface area contributed by atoms with E-state index < -0.39 is 0 Å². The minimum absolute atomic E-state index is 0.497. The first-order valence-corrected chi connectivity index (χ1v) is 7.29. The highest BCUT2D eigenvalue weighted by molar-refractivity contribution is 5.47. The standard InChI is InChI=1S/C14H25N5/c1-4-15-14-16-9-11(3)13(18-14)17-12-7-6-8-19(5-2)10-12/h9,12H,4-8,10H2,1-3H3,(H2,15,16,17,18). The molecule has 1 saturated heterocycles. The van der Waals surface area contributed by atoms with Crippen molar-refractivity contribution in [1.82, 2.24) is 14.9 Å². The molecule has 2 N–H and O–H groups in total. The molecule has 2 heterocycles. The monoisotopic (exact) mass is 263 g/mol. The van der Waals surface area contributed by atoms with Crippen molar-refractivity contribution < 1.29 is 0 Å². The fourth-order valence-electron chi connectivity index (χ4n) is 2.49. The molecule has 0 amide bonds. The molecule has 0 radical (unpaired) electrons. The van der Waals surface area contributed by atoms with Crippen molar-refractivity contribution in [3.63, 3.8) is 0 Å². The Balaban J connectivity index is 2.03. The molecular weight excluding hydrogens is 238 g/mol. The van der Waals surface area contributed by atoms with E-state index in [1.807, 2.05) is 6.20 Å². The summed E-state index contributed by atoms with van der Waals surface area (Å²) >= 11 is 0. The third-order valence-corrected chi connectivity index (χ3v) is 3.60. The summed E-state index contributed by atoms with van der Waals surface area (Å²) in [7, 11) is 0. The molecule has 1 aliphatic rings. The number of anilines is 2. The molecule has 1 aromatic rings. The number of likely N-dealkylation sites (N-methyl/N-ethyl adjacent to an activating group) is 1. The SMILES string of the molecule is CCNc1ncc(C)c(NC2CCCN(CC)C2)n1. The highest BCUT2D eigenvalue weighted by Crippen LogP contribution is 2.18. The summed E-state index contributed by atoms with van der Waals surface area (Å²) in [5, 5.41) is 6.74. The first-order chi connectivity index (χ1) is 9.22. The molecule has 1 aliphatic heterocycles. The number of nitrogens with zero attached hydrogens (tertiary/aromatic N) is 3. The lowest BCUT2D eigenvalue weighted by Gasteiger charge is -2.32. The van der Waals surface area contributed by atoms with E-state index in [-0.39, 0.29) is 0 Å². The van der Waals surface area contributed by atoms with Gasteiger partial charge in [0.25, 0.3) is 0 Å². The van der Waals surface area contributed by atoms with Gasteiger partial charge in [-0.25, -0.2) is 4.98 Å². The Kier molecular flexibility index (Phi) is 4.96. The molecule has 5 nitrogen and oxygen atoms in total. The number of hydrogen-bond donors (Lipinski definition) is 2. The van der Waals surface area contributed by atoms with E-state index in [0.717, 1.165) is 31.0 Å². The molecule has 0 saturated carbocycles. The van der Waals surface area contributed by atoms with Crippen LogP contribution in [0.15, 0.2) is 6.20 Å². The summed E-state index contributed by atoms with van der Waals surface area (Å²) in [6.07, 6.45) is 4.36. The zero-order valence-electron chi connectivity index (χ0n) is 12.2. The van der Waals surface area contributed by atoms with Crippen LogP contribution in [0.5, 0.6) is 0 Å². The zero-order valence-corrected chi connectivity index (χ0v) is 12.2. The molecule has 1 fully saturated rings. The number of hydrogen-bond acceptors (Lipinski definition) is 5. The van der Waals surface area contributed by atoms with Gasteiger partial charge >= 0.3 is 0 Å². The lowest BCUT2D eigenvalue weighted by molar-refractivity contribution is 0.226. The van der Waals surface area contributed by atoms with Crippen LogP contribution in [0.2, 0.25) is 0 Å². The molecule has 0 aliphatic carbocycles. The van der Waals surface area contributed by atoms with Gasteiger partial charge in [0.1, 0.15) is 5.82 Å². The molecule has 0 aromatic carbocycles. The summed E-state index contributed by atoms with van der Waals surface area (Å²) in [5.41, 5.74) is 1.11. The Bertz CT molecular complexity index is 407. The van der Waals surface area contributed by atoms with Crippen molar-refractivity contribution in [2.45, 2.75) is 39.7 Å². The second-order valence-electron chi connectivity index (χ2n) is 5.13. The second kappa shape index (κ2) is 6.70. The van der Waals surface area contributed by atoms with Crippen LogP contribution in [0.4, 0.5) is 11.8 Å². The van der Waals surface area contributed by atoms with Gasteiger partial charge in [-0.1, -0.05) is 6.92 Å². The maximum atomic E-state index is 4.56. The van der Waals surface area contributed by atoms with Crippen LogP contribution < -0.4 is 10.6 Å². The number of nitrogens with one attached hydrogen (secondary N) is 2. The highest BCUT2D eigenvalue weighted by Gasteiger charge is 2.19. The fraction of sp³-hybridized carbons (Fsp3) is 0.714. The first-order valence-electron chi connectivity index (χ1n) is 7.29. The molecule has 0 spiro atoms. The number of likely N-dealkylation sites (tertiary alicyclic amines) is 1. The quantitative estimate of drug-likeness (QED) is 0.852. The van der Waals surface area contributed by atoms with E-state index >= 15 is 0 Å². The number of aryl methyl sites for hydroxylation is 1. The third kappa shape index (κ3) is 3.80. The Morgan fingerprint density at radius 1 is 1.42 bits per heavy atom. The van der Waals surface area contributed by atoms with Crippen LogP contribution in [0, 0.1) is 6.92 Å². The molecule has 5 heteroatoms. The molecule has 1 aromatic heterocycles. The van der Waals surface area contributed by atoms with Crippen LogP contribution in [-0.4, -0.2) is 47.1 Å². The summed E-state index contributed by atoms with van der Waals surface area (Å²) < 4.78 is 0. The van der Waals surface area contributed by atoms with Crippen LogP contribution in [-0.2, 0) is 0 Å². The number of rotatable bonds is 5. The van der Waals surface area contributed by atoms with Crippen molar-refractivity contribution in [3.8, 4) is 0 Å². The van der Waals surface area contributed by atoms with Gasteiger partial charge in [-0.15, -0.1) is 0 Å². The van der Waals surface area contributed by atoms with Crippen LogP contribution in [0.25, 0.3) is 0 Å². The summed E-state index contributed by atoms with van der Waals surface area (Å²) in [5.74, 6) is 1.67. The lowest BCUT2D eigenvalue weighted by Crippen LogP contribution is -2.42. The topological polar surface area (TPSA) is 53.1 Å². The molecule has 0 bridgehead atoms. The van der Waals surface area contributed by atoms with Gasteiger partial charge in [0.15, 0.2) is 0 Å². The van der Waals surface area contributed by atoms with Gasteiger partial charge in [0.05, 0.1) is 0 Å². The van der Waals surface area contributed by atoms with Gasteiger partial charge in [-0.05, 0) is 39.8 Å². The van der Waals surface area contributed by atoms with E-state index in [1.165, 1.54) is 19.4 Å². The van der Waals surface area contributed by atoms with Gasteiger partial charge < -0.3 is 15.5 Å². The van der Waals surface area contributed by atoms with Gasteiger partial charge in [0.2, 0.25) is 5.95 Å². The smallest absolute Gasteiger partial charge is 0.224 e. The Morgan fingerprint density at radius 2 is 2.26 bits per heavy atom. The Hall–Kier alpha value is -1.36. The van der Waals surface area contributed by atoms with Gasteiger partial charge in [0, 0.05) is 30.9 Å². The zero-order chi connectivity index (χ0) is 13.7. The molecule has 2 rings (SSSR count). The van der Waals surface area contributed by atoms with E-state index in [2.05, 4.69) is 46.3 Å². The highest BCUT2D eigenvalue weighted by atomic mass is 15.2. The van der Waals surface area contributed by atoms with Crippen LogP contribution >= 0.6 is 0 Å². The minimum atomic E-state index is 0.497. The van der Waals surface area contributed by atoms with Crippen molar-refractivity contribution >= 4 is 11.8 Å². The lowest BCUT2D eigenvalue weighted by atomic mass is 10.1. The maximum Gasteiger partial charge on any atom is 0.224 e. The maximum absolute atomic E-state index is 4.56. The average Bonchev–Trinajstić information content (AvgIpc) is 2.43. The molecule has 106 valence electrons. The third-order valence-electron chi connectivity index (χ3n) is 3.60. The second-order valence-corrected chi connectivity index (χ2v) is 5.13. The van der Waals surface area contributed by atoms with Crippen LogP contribution in [0.1, 0.15) is 32.3 Å². The fourth-order valence-corrected chi connectivity index (χ4v) is 2.49. The first kappa shape index (κ1) is 14.1. The summed E-state index contributed by atoms with van der Waals surface area (Å²) in [4.78, 5) is 11.3. The number of piperidine rings is 1. The largest absolute Gasteiger partial charge is 0.366 e. The molecule has 19 heavy (non-hydrogen) atoms. The minimum Gasteiger partial charge on any atom is -0.366 e. The average molecular weight is 263 g/mol. The van der Waals surface area contributed by atoms with Crippen molar-refractivity contribution in [2.24, 2.45) is 0 Å². The summed E-state index contributed by atoms with van der Waals surface area (Å²) in [6, 6.07) is 0.497. The van der Waals surface area contributed by atoms with Gasteiger partial charge in [-0.2, -0.15) is 4.98 Å². The number of aromatic nitrogens is 2. The summed E-state index contributed by atoms with van der Waals surface area (Å²) in [6.45, 7) is 10.6. The van der Waals surface area contributed by atoms with E-state index in [9.17, 15) is 0 Å². The molecule has 1 unspecified atom stereocenters. The van der Waals surface area contributed by atoms with E-state index in [0.29, 0.717) is 12.0 Å². The van der Waals surface area contributed by atoms with Crippen molar-refractivity contribution in [1.29, 1.82) is 0 Å². The van der Waals surface area contributed by atoms with Crippen molar-refractivity contribution in [3.05, 3.63) is 11.8 Å². The molecular formula is C14H25N5. The Morgan fingerprint density at radius 3 is 3.00 bits per heavy atom. The molecule has 1 atom stereocenters. The normalized spacial score (nSPS) is 20.3. The van der Waals surface area contributed by atoms with E-state index in [1.54, 1.807) is 0 Å². The Labute approximate surface area is 115 Å². The van der Waals surface area contributed by atoms with Crippen molar-refractivity contribution in [2.75, 3.05) is 36.8 Å². The van der Waals surface area contributed by atoms with E-state index in [4.69, 9.17) is 0 Å². The van der Waals surface area contributed by atoms with Crippen LogP contribution in [0.3, 0.4) is 0 Å². The van der Waals surface area contributed by atoms with Gasteiger partial charge in [-0.3, -0.25) is 0 Å².